The van der Waals surface area contributed by atoms with Crippen LogP contribution in [0.4, 0.5) is 0 Å². The number of hydrogen-bond donors (Lipinski definition) is 3. The van der Waals surface area contributed by atoms with E-state index in [-0.39, 0.29) is 16.4 Å². The lowest BCUT2D eigenvalue weighted by atomic mass is 15.7. The molecule has 0 aromatic carbocycles. The van der Waals surface area contributed by atoms with E-state index in [0.29, 0.717) is 0 Å². The normalized spacial score (nSPS) is 3.86. The van der Waals surface area contributed by atoms with E-state index in [1.54, 1.807) is 0 Å². The summed E-state index contributed by atoms with van der Waals surface area (Å²) < 4.78 is 21.9. The van der Waals surface area contributed by atoms with Crippen LogP contribution < -0.4 is 0 Å². The largest absolute Gasteiger partial charge is 0.897 e. The van der Waals surface area contributed by atoms with E-state index in [1.165, 1.54) is 0 Å². The summed E-state index contributed by atoms with van der Waals surface area (Å²) in [6.07, 6.45) is 0. The van der Waals surface area contributed by atoms with Crippen LogP contribution in [-0.2, 0) is 0 Å². The summed E-state index contributed by atoms with van der Waals surface area (Å²) in [6.45, 7) is 0. The zero-order valence-electron chi connectivity index (χ0n) is 3.42. The quantitative estimate of drug-likeness (QED) is 0.284. The van der Waals surface area contributed by atoms with Crippen LogP contribution in [0.5, 0.6) is 0 Å². The van der Waals surface area contributed by atoms with Gasteiger partial charge < -0.3 is 28.9 Å². The summed E-state index contributed by atoms with van der Waals surface area (Å²) in [6, 6.07) is 0. The molecule has 0 saturated heterocycles. The maximum atomic E-state index is 7.31. The topological polar surface area (TPSA) is 155 Å². The molecule has 7 heteroatoms. The van der Waals surface area contributed by atoms with Gasteiger partial charge in [-0.15, -0.1) is 0 Å². The second-order valence-electron chi connectivity index (χ2n) is 0.346. The predicted molar refractivity (Wildman–Crippen MR) is 23.3 cm³/mol. The molecule has 0 aliphatic carbocycles. The standard InChI is InChI=1S/Al.6H2O/h;6*1H2/q+3;;;;;;/p-3. The third kappa shape index (κ3) is 1360. The molecule has 0 saturated carbocycles. The molecule has 0 aromatic heterocycles. The SMILES string of the molecule is O.O.O.[OH][Al]([OH])[OH]. The Kier molecular flexibility index (Phi) is 61.9. The Balaban J connectivity index is -0.0000000150. The zero-order valence-corrected chi connectivity index (χ0v) is 4.57. The van der Waals surface area contributed by atoms with Crippen molar-refractivity contribution in [3.8, 4) is 0 Å². The minimum Gasteiger partial charge on any atom is -0.469 e. The van der Waals surface area contributed by atoms with E-state index >= 15 is 0 Å². The van der Waals surface area contributed by atoms with Crippen LogP contribution in [0.25, 0.3) is 0 Å². The van der Waals surface area contributed by atoms with Gasteiger partial charge in [0, 0.05) is 0 Å². The highest BCUT2D eigenvalue weighted by atomic mass is 27.2. The van der Waals surface area contributed by atoms with E-state index in [9.17, 15) is 0 Å². The van der Waals surface area contributed by atoms with Crippen LogP contribution >= 0.6 is 0 Å². The average molecular weight is 132 g/mol. The van der Waals surface area contributed by atoms with E-state index < -0.39 is 15.1 Å². The van der Waals surface area contributed by atoms with Crippen LogP contribution in [0.15, 0.2) is 0 Å². The number of hydrogen-bond acceptors (Lipinski definition) is 3. The fourth-order valence-corrected chi connectivity index (χ4v) is 0. The third-order valence-corrected chi connectivity index (χ3v) is 0. The second kappa shape index (κ2) is 16.3. The first-order valence-corrected chi connectivity index (χ1v) is 2.32. The van der Waals surface area contributed by atoms with Crippen LogP contribution in [0.2, 0.25) is 0 Å². The Hall–Kier alpha value is 0.292. The molecule has 0 rings (SSSR count). The van der Waals surface area contributed by atoms with Crippen LogP contribution in [-0.4, -0.2) is 44.1 Å². The smallest absolute Gasteiger partial charge is 0.469 e. The monoisotopic (exact) mass is 132 g/mol. The van der Waals surface area contributed by atoms with Crippen molar-refractivity contribution in [1.29, 1.82) is 0 Å². The molecule has 0 spiro atoms. The Morgan fingerprint density at radius 3 is 0.714 bits per heavy atom. The van der Waals surface area contributed by atoms with Crippen molar-refractivity contribution in [3.05, 3.63) is 0 Å². The van der Waals surface area contributed by atoms with Gasteiger partial charge in [0.1, 0.15) is 0 Å². The first-order valence-electron chi connectivity index (χ1n) is 0.775. The lowest BCUT2D eigenvalue weighted by molar-refractivity contribution is 0.278. The fraction of sp³-hybridized carbons (Fsp3) is 0. The van der Waals surface area contributed by atoms with Gasteiger partial charge in [0.05, 0.1) is 0 Å². The van der Waals surface area contributed by atoms with Crippen molar-refractivity contribution >= 4 is 15.1 Å². The van der Waals surface area contributed by atoms with E-state index in [0.717, 1.165) is 0 Å². The van der Waals surface area contributed by atoms with Gasteiger partial charge in [-0.1, -0.05) is 0 Å². The second-order valence-corrected chi connectivity index (χ2v) is 1.04. The van der Waals surface area contributed by atoms with Gasteiger partial charge in [0.15, 0.2) is 0 Å². The summed E-state index contributed by atoms with van der Waals surface area (Å²) in [5, 5.41) is 0. The average Bonchev–Trinajstić information content (AvgIpc) is 0.811. The van der Waals surface area contributed by atoms with Gasteiger partial charge in [-0.25, -0.2) is 0 Å². The van der Waals surface area contributed by atoms with Gasteiger partial charge >= 0.3 is 15.1 Å². The van der Waals surface area contributed by atoms with Crippen molar-refractivity contribution in [1.82, 2.24) is 0 Å². The van der Waals surface area contributed by atoms with Crippen molar-refractivity contribution in [2.24, 2.45) is 0 Å². The molecular formula is H9AlO6. The third-order valence-electron chi connectivity index (χ3n) is 0. The van der Waals surface area contributed by atoms with Gasteiger partial charge in [0.2, 0.25) is 0 Å². The maximum absolute atomic E-state index is 7.31. The van der Waals surface area contributed by atoms with Gasteiger partial charge in [-0.2, -0.15) is 0 Å². The summed E-state index contributed by atoms with van der Waals surface area (Å²) in [5.74, 6) is 0. The summed E-state index contributed by atoms with van der Waals surface area (Å²) in [7, 11) is 0. The zero-order chi connectivity index (χ0) is 3.58. The Bertz CT molecular complexity index is 8.90. The molecule has 0 aliphatic heterocycles. The molecule has 9 N–H and O–H groups in total. The lowest BCUT2D eigenvalue weighted by Crippen LogP contribution is -2.07. The first kappa shape index (κ1) is 26.6. The van der Waals surface area contributed by atoms with Gasteiger partial charge in [-0.05, 0) is 0 Å². The highest BCUT2D eigenvalue weighted by Crippen LogP contribution is 1.40. The molecule has 0 unspecified atom stereocenters. The molecule has 0 aromatic rings. The minimum absolute atomic E-state index is 0. The summed E-state index contributed by atoms with van der Waals surface area (Å²) in [4.78, 5) is 0. The lowest BCUT2D eigenvalue weighted by Gasteiger charge is -1.65. The van der Waals surface area contributed by atoms with Crippen molar-refractivity contribution in [2.45, 2.75) is 0 Å². The molecule has 0 atom stereocenters. The highest BCUT2D eigenvalue weighted by molar-refractivity contribution is 6.30. The Morgan fingerprint density at radius 1 is 0.714 bits per heavy atom. The molecule has 0 amide bonds. The predicted octanol–water partition coefficient (Wildman–Crippen LogP) is -4.53. The van der Waals surface area contributed by atoms with Crippen molar-refractivity contribution in [3.63, 3.8) is 0 Å². The first-order chi connectivity index (χ1) is 1.73. The van der Waals surface area contributed by atoms with Crippen LogP contribution in [0.3, 0.4) is 0 Å². The molecule has 0 heterocycles. The van der Waals surface area contributed by atoms with Gasteiger partial charge in [-0.3, -0.25) is 0 Å². The fourth-order valence-electron chi connectivity index (χ4n) is 0. The summed E-state index contributed by atoms with van der Waals surface area (Å²) in [5.41, 5.74) is 0. The summed E-state index contributed by atoms with van der Waals surface area (Å²) >= 11 is -3.14. The Labute approximate surface area is 45.0 Å². The van der Waals surface area contributed by atoms with E-state index in [4.69, 9.17) is 12.5 Å². The Morgan fingerprint density at radius 2 is 0.714 bits per heavy atom. The van der Waals surface area contributed by atoms with Crippen molar-refractivity contribution in [2.75, 3.05) is 0 Å². The molecular weight excluding hydrogens is 123 g/mol. The van der Waals surface area contributed by atoms with Crippen molar-refractivity contribution < 1.29 is 28.9 Å². The molecule has 0 aliphatic rings. The van der Waals surface area contributed by atoms with Gasteiger partial charge in [0.25, 0.3) is 0 Å². The molecule has 48 valence electrons. The van der Waals surface area contributed by atoms with E-state index in [1.807, 2.05) is 0 Å². The molecule has 0 fully saturated rings. The highest BCUT2D eigenvalue weighted by Gasteiger charge is 2.08. The van der Waals surface area contributed by atoms with Crippen LogP contribution in [0.1, 0.15) is 0 Å². The minimum atomic E-state index is -3.14. The molecule has 7 heavy (non-hydrogen) atoms. The molecule has 0 radical (unpaired) electrons. The number of rotatable bonds is 0. The molecule has 6 nitrogen and oxygen atoms in total. The maximum Gasteiger partial charge on any atom is 0.897 e. The van der Waals surface area contributed by atoms with E-state index in [2.05, 4.69) is 0 Å². The van der Waals surface area contributed by atoms with Crippen LogP contribution in [0, 0.1) is 0 Å². The molecule has 0 bridgehead atoms.